The van der Waals surface area contributed by atoms with E-state index in [0.29, 0.717) is 50.8 Å². The molecule has 0 fully saturated rings. The van der Waals surface area contributed by atoms with Crippen molar-refractivity contribution in [3.8, 4) is 130 Å². The van der Waals surface area contributed by atoms with Crippen molar-refractivity contribution in [3.63, 3.8) is 0 Å². The summed E-state index contributed by atoms with van der Waals surface area (Å²) in [5.41, 5.74) is 31.3. The number of hydrogen-bond acceptors (Lipinski definition) is 4. The zero-order valence-corrected chi connectivity index (χ0v) is 79.4. The molecule has 0 amide bonds. The van der Waals surface area contributed by atoms with Crippen molar-refractivity contribution in [2.45, 2.75) is 0 Å². The van der Waals surface area contributed by atoms with Crippen LogP contribution in [0.15, 0.2) is 528 Å². The molecule has 0 radical (unpaired) electrons. The summed E-state index contributed by atoms with van der Waals surface area (Å²) >= 11 is 0. The van der Waals surface area contributed by atoms with Gasteiger partial charge in [-0.3, -0.25) is 0 Å². The third-order valence-corrected chi connectivity index (χ3v) is 28.4. The van der Waals surface area contributed by atoms with E-state index in [9.17, 15) is 5.26 Å². The number of nitrogens with zero attached hydrogens (tertiary/aromatic N) is 11. The van der Waals surface area contributed by atoms with E-state index in [4.69, 9.17) is 35.2 Å². The summed E-state index contributed by atoms with van der Waals surface area (Å²) in [4.78, 5) is 18.6. The van der Waals surface area contributed by atoms with Gasteiger partial charge in [-0.05, 0) is 279 Å². The Kier molecular flexibility index (Phi) is 18.9. The zero-order chi connectivity index (χ0) is 107. The van der Waals surface area contributed by atoms with Gasteiger partial charge in [0.15, 0.2) is 23.2 Å². The number of hydrogen-bond donors (Lipinski definition) is 0. The fraction of sp³-hybridized carbons (Fsp3) is 0. The summed E-state index contributed by atoms with van der Waals surface area (Å²) < 4.78 is 96.6. The van der Waals surface area contributed by atoms with E-state index in [1.54, 1.807) is 9.13 Å². The maximum Gasteiger partial charge on any atom is 0.188 e. The summed E-state index contributed by atoms with van der Waals surface area (Å²) in [5, 5.41) is 22.4. The molecule has 0 unspecified atom stereocenters. The molecular weight excluding hydrogens is 1800 g/mol. The van der Waals surface area contributed by atoms with E-state index in [-0.39, 0.29) is 35.5 Å². The maximum atomic E-state index is 9.80. The summed E-state index contributed by atoms with van der Waals surface area (Å²) in [6.07, 6.45) is 0. The standard InChI is InChI=1S/C51H33N5.C50H30N4.C36H24N2/c1-4-14-34(15-5-1)49-52-50(35-16-6-2-7-17-35)54-51(53-49)36-24-28-40(29-25-36)56-46-23-13-11-21-42(46)44-33-38(27-31-48(44)56)37-26-30-47-43(32-37)41-20-10-12-22-45(41)55(47)39-18-8-3-9-19-39;1-52-40-20-24-50-46(31-40)45-30-37(36-18-22-48-44(29-36)43-25-33(32-51)17-21-47(43)53(48)41-15-9-4-10-16-41)19-23-49(45)54(50)42-27-38(34-11-5-2-6-12-34)26-39(28-42)35-13-7-3-8-14-35;1-3-11-27(12-4-1)37-33-17-9-7-15-29(33)31-23-25(19-21-35(31)37)26-20-22-36-32(24-26)30-16-8-10-18-34(30)38(36)28-13-5-2-6-14-28/h1-33H;2-31H;1-24H/i;;1D,2D,3D,4D,5D,6D,11D,12D,13D,14D. The molecule has 0 aliphatic rings. The summed E-state index contributed by atoms with van der Waals surface area (Å²) in [6, 6.07) is 160. The molecule has 11 heteroatoms. The largest absolute Gasteiger partial charge is 0.309 e. The number of fused-ring (bicyclic) bond motifs is 18. The quantitative estimate of drug-likeness (QED) is 0.101. The average Bonchev–Trinajstić information content (AvgIpc) is 1.57. The Balaban J connectivity index is 0.000000115. The highest BCUT2D eigenvalue weighted by atomic mass is 15.0. The number of rotatable bonds is 14. The van der Waals surface area contributed by atoms with E-state index < -0.39 is 36.3 Å². The monoisotopic (exact) mass is 1900 g/mol. The van der Waals surface area contributed by atoms with E-state index in [1.807, 2.05) is 194 Å². The lowest BCUT2D eigenvalue weighted by molar-refractivity contribution is 1.07. The summed E-state index contributed by atoms with van der Waals surface area (Å²) in [5.74, 6) is 1.94. The highest BCUT2D eigenvalue weighted by Crippen LogP contribution is 2.46. The fourth-order valence-electron chi connectivity index (χ4n) is 21.6. The Hall–Kier alpha value is -20.4. The Morgan fingerprint density at radius 1 is 0.189 bits per heavy atom. The SMILES string of the molecule is [2H]c1c([2H])c([2H])c(-n2c3ccccc3c3cc(-c4ccc5c(c4)c4ccccc4n5-c4c([2H])c([2H])c([2H])c([2H])c4[2H])ccc32)c([2H])c1[2H].[C-]#[N+]c1ccc2c(c1)c1cc(-c3ccc4c(c3)c3cc(C#N)ccc3n4-c3ccccc3)ccc1n2-c1cc(-c2ccccc2)cc(-c2ccccc2)c1.c1ccc(-c2nc(-c3ccccc3)nc(-c3ccc(-n4c5ccccc5c5cc(-c6ccc7c(c6)c6ccccc6n7-c6ccccc6)ccc54)cc3)n2)cc1. The summed E-state index contributed by atoms with van der Waals surface area (Å²) in [7, 11) is 0. The summed E-state index contributed by atoms with van der Waals surface area (Å²) in [6.45, 7) is 7.85. The Morgan fingerprint density at radius 2 is 0.432 bits per heavy atom. The molecule has 0 saturated carbocycles. The van der Waals surface area contributed by atoms with Crippen molar-refractivity contribution in [3.05, 3.63) is 545 Å². The van der Waals surface area contributed by atoms with Crippen LogP contribution in [-0.4, -0.2) is 42.4 Å². The van der Waals surface area contributed by atoms with Crippen molar-refractivity contribution < 1.29 is 13.7 Å². The van der Waals surface area contributed by atoms with Gasteiger partial charge in [0.2, 0.25) is 0 Å². The van der Waals surface area contributed by atoms with E-state index >= 15 is 0 Å². The Morgan fingerprint density at radius 3 is 0.764 bits per heavy atom. The molecule has 0 aliphatic heterocycles. The molecule has 0 spiro atoms. The molecule has 29 rings (SSSR count). The second kappa shape index (κ2) is 36.6. The predicted molar refractivity (Wildman–Crippen MR) is 613 cm³/mol. The normalized spacial score (nSPS) is 12.4. The van der Waals surface area contributed by atoms with Crippen LogP contribution in [0.25, 0.3) is 260 Å². The molecule has 0 N–H and O–H groups in total. The van der Waals surface area contributed by atoms with E-state index in [1.165, 1.54) is 43.7 Å². The van der Waals surface area contributed by atoms with Gasteiger partial charge in [-0.1, -0.05) is 309 Å². The van der Waals surface area contributed by atoms with Crippen molar-refractivity contribution in [2.24, 2.45) is 0 Å². The van der Waals surface area contributed by atoms with Crippen LogP contribution in [-0.2, 0) is 0 Å². The van der Waals surface area contributed by atoms with Crippen LogP contribution in [0.2, 0.25) is 0 Å². The molecule has 0 bridgehead atoms. The first-order chi connectivity index (χ1) is 77.4. The highest BCUT2D eigenvalue weighted by molar-refractivity contribution is 6.18. The number of benzene rings is 22. The van der Waals surface area contributed by atoms with Gasteiger partial charge in [0.1, 0.15) is 0 Å². The van der Waals surface area contributed by atoms with E-state index in [2.05, 4.69) is 302 Å². The van der Waals surface area contributed by atoms with Crippen LogP contribution < -0.4 is 0 Å². The first-order valence-electron chi connectivity index (χ1n) is 54.0. The highest BCUT2D eigenvalue weighted by Gasteiger charge is 2.25. The Bertz CT molecular complexity index is 10700. The van der Waals surface area contributed by atoms with Gasteiger partial charge >= 0.3 is 0 Å². The van der Waals surface area contributed by atoms with Gasteiger partial charge in [0.05, 0.1) is 98.1 Å². The second-order valence-electron chi connectivity index (χ2n) is 36.8. The lowest BCUT2D eigenvalue weighted by atomic mass is 9.98. The smallest absolute Gasteiger partial charge is 0.188 e. The molecule has 29 aromatic rings. The lowest BCUT2D eigenvalue weighted by Gasteiger charge is -2.14. The molecule has 0 atom stereocenters. The first-order valence-corrected chi connectivity index (χ1v) is 49.0. The lowest BCUT2D eigenvalue weighted by Crippen LogP contribution is -2.00. The maximum absolute atomic E-state index is 9.80. The predicted octanol–water partition coefficient (Wildman–Crippen LogP) is 35.6. The third kappa shape index (κ3) is 15.3. The Labute approximate surface area is 866 Å². The molecule has 148 heavy (non-hydrogen) atoms. The van der Waals surface area contributed by atoms with Crippen LogP contribution in [0.4, 0.5) is 5.69 Å². The number of nitriles is 1. The van der Waals surface area contributed by atoms with Gasteiger partial charge in [0, 0.05) is 110 Å². The van der Waals surface area contributed by atoms with Crippen LogP contribution in [0.1, 0.15) is 19.3 Å². The molecular formula is C137H87N11. The third-order valence-electron chi connectivity index (χ3n) is 28.4. The van der Waals surface area contributed by atoms with Crippen molar-refractivity contribution >= 4 is 137 Å². The molecule has 690 valence electrons. The molecule has 0 saturated heterocycles. The van der Waals surface area contributed by atoms with Crippen LogP contribution in [0.3, 0.4) is 0 Å². The van der Waals surface area contributed by atoms with Crippen LogP contribution in [0, 0.1) is 17.9 Å². The minimum Gasteiger partial charge on any atom is -0.309 e. The number of para-hydroxylation sites is 8. The van der Waals surface area contributed by atoms with Gasteiger partial charge in [-0.25, -0.2) is 19.8 Å². The molecule has 22 aromatic carbocycles. The van der Waals surface area contributed by atoms with Gasteiger partial charge in [0.25, 0.3) is 0 Å². The molecule has 11 nitrogen and oxygen atoms in total. The van der Waals surface area contributed by atoms with Gasteiger partial charge < -0.3 is 27.4 Å². The second-order valence-corrected chi connectivity index (χ2v) is 36.8. The fourth-order valence-corrected chi connectivity index (χ4v) is 21.6. The van der Waals surface area contributed by atoms with Gasteiger partial charge in [-0.2, -0.15) is 5.26 Å². The zero-order valence-electron chi connectivity index (χ0n) is 89.4. The van der Waals surface area contributed by atoms with Crippen molar-refractivity contribution in [2.75, 3.05) is 0 Å². The molecule has 0 aliphatic carbocycles. The minimum atomic E-state index is -0.444. The van der Waals surface area contributed by atoms with E-state index in [0.717, 1.165) is 160 Å². The van der Waals surface area contributed by atoms with Crippen molar-refractivity contribution in [1.82, 2.24) is 42.4 Å². The first kappa shape index (κ1) is 76.4. The number of aromatic nitrogens is 9. The molecule has 7 aromatic heterocycles. The molecule has 7 heterocycles. The average molecular weight is 1900 g/mol. The topological polar surface area (TPSA) is 96.4 Å². The van der Waals surface area contributed by atoms with Crippen molar-refractivity contribution in [1.29, 1.82) is 5.26 Å². The van der Waals surface area contributed by atoms with Crippen LogP contribution in [0.5, 0.6) is 0 Å². The minimum absolute atomic E-state index is 0.0850. The van der Waals surface area contributed by atoms with Crippen LogP contribution >= 0.6 is 0 Å². The van der Waals surface area contributed by atoms with Gasteiger partial charge in [-0.15, -0.1) is 0 Å².